The number of halogens is 1. The summed E-state index contributed by atoms with van der Waals surface area (Å²) in [5.74, 6) is 11.5. The van der Waals surface area contributed by atoms with E-state index in [1.807, 2.05) is 37.3 Å². The highest BCUT2D eigenvalue weighted by Crippen LogP contribution is 2.23. The van der Waals surface area contributed by atoms with Gasteiger partial charge >= 0.3 is 0 Å². The third-order valence-electron chi connectivity index (χ3n) is 4.82. The summed E-state index contributed by atoms with van der Waals surface area (Å²) in [6.07, 6.45) is 4.80. The predicted octanol–water partition coefficient (Wildman–Crippen LogP) is 7.00. The molecule has 0 amide bonds. The molecule has 3 aromatic carbocycles. The zero-order valence-corrected chi connectivity index (χ0v) is 17.1. The van der Waals surface area contributed by atoms with Gasteiger partial charge in [0.1, 0.15) is 5.82 Å². The smallest absolute Gasteiger partial charge is 0.139 e. The molecule has 3 rings (SSSR count). The lowest BCUT2D eigenvalue weighted by molar-refractivity contribution is 0.625. The van der Waals surface area contributed by atoms with Gasteiger partial charge in [-0.2, -0.15) is 0 Å². The second kappa shape index (κ2) is 10.3. The van der Waals surface area contributed by atoms with Crippen LogP contribution in [0.15, 0.2) is 66.7 Å². The number of benzene rings is 3. The minimum absolute atomic E-state index is 0.296. The van der Waals surface area contributed by atoms with Gasteiger partial charge in [0.05, 0.1) is 5.56 Å². The van der Waals surface area contributed by atoms with Gasteiger partial charge in [-0.15, -0.1) is 5.92 Å². The Balaban J connectivity index is 1.72. The Kier molecular flexibility index (Phi) is 7.27. The highest BCUT2D eigenvalue weighted by atomic mass is 19.1. The number of aryl methyl sites for hydroxylation is 1. The van der Waals surface area contributed by atoms with Crippen molar-refractivity contribution in [3.8, 4) is 34.8 Å². The molecule has 0 unspecified atom stereocenters. The molecule has 0 spiro atoms. The Hall–Kier alpha value is -3.29. The van der Waals surface area contributed by atoms with Gasteiger partial charge in [0.2, 0.25) is 0 Å². The van der Waals surface area contributed by atoms with Crippen molar-refractivity contribution in [3.63, 3.8) is 0 Å². The molecule has 0 aliphatic rings. The lowest BCUT2D eigenvalue weighted by atomic mass is 10.00. The predicted molar refractivity (Wildman–Crippen MR) is 120 cm³/mol. The maximum Gasteiger partial charge on any atom is 0.139 e. The van der Waals surface area contributed by atoms with E-state index in [2.05, 4.69) is 54.9 Å². The molecule has 0 fully saturated rings. The summed E-state index contributed by atoms with van der Waals surface area (Å²) in [6, 6.07) is 21.3. The third kappa shape index (κ3) is 5.84. The summed E-state index contributed by atoms with van der Waals surface area (Å²) < 4.78 is 14.6. The number of rotatable bonds is 5. The maximum atomic E-state index is 14.6. The van der Waals surface area contributed by atoms with Crippen molar-refractivity contribution in [1.82, 2.24) is 0 Å². The fourth-order valence-corrected chi connectivity index (χ4v) is 3.16. The van der Waals surface area contributed by atoms with E-state index in [0.29, 0.717) is 5.56 Å². The van der Waals surface area contributed by atoms with Gasteiger partial charge in [-0.05, 0) is 72.9 Å². The first-order valence-electron chi connectivity index (χ1n) is 10.1. The molecule has 29 heavy (non-hydrogen) atoms. The van der Waals surface area contributed by atoms with E-state index >= 15 is 0 Å². The average Bonchev–Trinajstić information content (AvgIpc) is 2.75. The Morgan fingerprint density at radius 1 is 0.724 bits per heavy atom. The molecule has 0 heterocycles. The fourth-order valence-electron chi connectivity index (χ4n) is 3.16. The van der Waals surface area contributed by atoms with Gasteiger partial charge in [-0.1, -0.05) is 67.9 Å². The van der Waals surface area contributed by atoms with Crippen LogP contribution < -0.4 is 0 Å². The van der Waals surface area contributed by atoms with Crippen molar-refractivity contribution in [3.05, 3.63) is 94.8 Å². The van der Waals surface area contributed by atoms with Crippen molar-refractivity contribution < 1.29 is 4.39 Å². The van der Waals surface area contributed by atoms with Gasteiger partial charge in [-0.3, -0.25) is 0 Å². The second-order valence-electron chi connectivity index (χ2n) is 7.05. The van der Waals surface area contributed by atoms with Gasteiger partial charge < -0.3 is 0 Å². The molecule has 0 aromatic heterocycles. The molecule has 144 valence electrons. The van der Waals surface area contributed by atoms with Gasteiger partial charge in [0.25, 0.3) is 0 Å². The SMILES string of the molecule is CC#Cc1ccc(C#Cc2ccc(-c3ccc(CCCCC)cc3)cc2F)cc1. The van der Waals surface area contributed by atoms with E-state index in [0.717, 1.165) is 28.7 Å². The zero-order chi connectivity index (χ0) is 20.5. The molecule has 0 atom stereocenters. The molecule has 0 N–H and O–H groups in total. The number of hydrogen-bond donors (Lipinski definition) is 0. The van der Waals surface area contributed by atoms with Crippen LogP contribution in [0.4, 0.5) is 4.39 Å². The quantitative estimate of drug-likeness (QED) is 0.330. The normalized spacial score (nSPS) is 9.90. The average molecular weight is 381 g/mol. The standard InChI is InChI=1S/C28H25F/c1-3-5-6-8-23-13-16-25(17-14-23)27-20-19-26(28(29)21-27)18-15-24-11-9-22(7-4-2)10-12-24/h9-14,16-17,19-21H,3,5-6,8H2,1-2H3. The minimum atomic E-state index is -0.296. The summed E-state index contributed by atoms with van der Waals surface area (Å²) >= 11 is 0. The summed E-state index contributed by atoms with van der Waals surface area (Å²) in [5, 5.41) is 0. The van der Waals surface area contributed by atoms with Crippen molar-refractivity contribution in [2.75, 3.05) is 0 Å². The third-order valence-corrected chi connectivity index (χ3v) is 4.82. The van der Waals surface area contributed by atoms with Crippen LogP contribution in [0.5, 0.6) is 0 Å². The summed E-state index contributed by atoms with van der Waals surface area (Å²) in [5.41, 5.74) is 5.42. The van der Waals surface area contributed by atoms with Crippen LogP contribution in [0.2, 0.25) is 0 Å². The van der Waals surface area contributed by atoms with E-state index in [1.165, 1.54) is 24.8 Å². The summed E-state index contributed by atoms with van der Waals surface area (Å²) in [7, 11) is 0. The summed E-state index contributed by atoms with van der Waals surface area (Å²) in [6.45, 7) is 4.02. The van der Waals surface area contributed by atoms with E-state index in [4.69, 9.17) is 0 Å². The van der Waals surface area contributed by atoms with Crippen molar-refractivity contribution >= 4 is 0 Å². The first kappa shape index (κ1) is 20.4. The van der Waals surface area contributed by atoms with Crippen molar-refractivity contribution in [2.24, 2.45) is 0 Å². The van der Waals surface area contributed by atoms with Gasteiger partial charge in [0, 0.05) is 11.1 Å². The van der Waals surface area contributed by atoms with E-state index in [-0.39, 0.29) is 5.82 Å². The van der Waals surface area contributed by atoms with Crippen LogP contribution in [-0.2, 0) is 6.42 Å². The van der Waals surface area contributed by atoms with E-state index in [9.17, 15) is 4.39 Å². The fraction of sp³-hybridized carbons (Fsp3) is 0.214. The highest BCUT2D eigenvalue weighted by Gasteiger charge is 2.04. The molecular formula is C28H25F. The molecule has 0 nitrogen and oxygen atoms in total. The summed E-state index contributed by atoms with van der Waals surface area (Å²) in [4.78, 5) is 0. The first-order chi connectivity index (χ1) is 14.2. The van der Waals surface area contributed by atoms with Crippen LogP contribution in [0.3, 0.4) is 0 Å². The number of hydrogen-bond acceptors (Lipinski definition) is 0. The lowest BCUT2D eigenvalue weighted by Gasteiger charge is -2.06. The highest BCUT2D eigenvalue weighted by molar-refractivity contribution is 5.65. The molecule has 0 saturated heterocycles. The van der Waals surface area contributed by atoms with Crippen molar-refractivity contribution in [2.45, 2.75) is 39.5 Å². The Bertz CT molecular complexity index is 1070. The van der Waals surface area contributed by atoms with Crippen LogP contribution in [-0.4, -0.2) is 0 Å². The first-order valence-corrected chi connectivity index (χ1v) is 10.1. The number of unbranched alkanes of at least 4 members (excludes halogenated alkanes) is 2. The van der Waals surface area contributed by atoms with Gasteiger partial charge in [-0.25, -0.2) is 4.39 Å². The monoisotopic (exact) mass is 380 g/mol. The van der Waals surface area contributed by atoms with Crippen molar-refractivity contribution in [1.29, 1.82) is 0 Å². The lowest BCUT2D eigenvalue weighted by Crippen LogP contribution is -1.88. The molecule has 3 aromatic rings. The van der Waals surface area contributed by atoms with Crippen LogP contribution >= 0.6 is 0 Å². The molecule has 0 aliphatic carbocycles. The molecule has 1 heteroatoms. The van der Waals surface area contributed by atoms with Crippen LogP contribution in [0.25, 0.3) is 11.1 Å². The molecule has 0 aliphatic heterocycles. The molecule has 0 saturated carbocycles. The zero-order valence-electron chi connectivity index (χ0n) is 17.1. The Morgan fingerprint density at radius 3 is 2.00 bits per heavy atom. The molecule has 0 bridgehead atoms. The van der Waals surface area contributed by atoms with Gasteiger partial charge in [0.15, 0.2) is 0 Å². The molecule has 0 radical (unpaired) electrons. The largest absolute Gasteiger partial charge is 0.206 e. The Labute approximate surface area is 173 Å². The maximum absolute atomic E-state index is 14.6. The van der Waals surface area contributed by atoms with Crippen LogP contribution in [0, 0.1) is 29.5 Å². The molecular weight excluding hydrogens is 355 g/mol. The van der Waals surface area contributed by atoms with Crippen LogP contribution in [0.1, 0.15) is 55.4 Å². The Morgan fingerprint density at radius 2 is 1.38 bits per heavy atom. The minimum Gasteiger partial charge on any atom is -0.206 e. The van der Waals surface area contributed by atoms with E-state index < -0.39 is 0 Å². The van der Waals surface area contributed by atoms with E-state index in [1.54, 1.807) is 12.1 Å². The second-order valence-corrected chi connectivity index (χ2v) is 7.05. The topological polar surface area (TPSA) is 0 Å².